The lowest BCUT2D eigenvalue weighted by Gasteiger charge is -2.43. The number of hydrogen-bond donors (Lipinski definition) is 0. The molecule has 0 radical (unpaired) electrons. The van der Waals surface area contributed by atoms with Crippen molar-refractivity contribution in [2.75, 3.05) is 4.90 Å². The molecule has 3 rings (SSSR count). The second kappa shape index (κ2) is 5.17. The van der Waals surface area contributed by atoms with Crippen LogP contribution in [0.3, 0.4) is 0 Å². The lowest BCUT2D eigenvalue weighted by atomic mass is 9.87. The normalized spacial score (nSPS) is 19.8. The Bertz CT molecular complexity index is 658. The molecule has 1 heterocycles. The first-order valence-corrected chi connectivity index (χ1v) is 6.59. The Hall–Kier alpha value is -2.61. The van der Waals surface area contributed by atoms with Gasteiger partial charge in [-0.2, -0.15) is 0 Å². The van der Waals surface area contributed by atoms with E-state index in [9.17, 15) is 4.79 Å². The van der Waals surface area contributed by atoms with Crippen LogP contribution in [0.2, 0.25) is 0 Å². The molecule has 1 amide bonds. The third-order valence-corrected chi connectivity index (χ3v) is 3.47. The second-order valence-electron chi connectivity index (χ2n) is 4.68. The zero-order valence-electron chi connectivity index (χ0n) is 11.1. The van der Waals surface area contributed by atoms with Crippen LogP contribution < -0.4 is 4.90 Å². The summed E-state index contributed by atoms with van der Waals surface area (Å²) in [6, 6.07) is 19.8. The summed E-state index contributed by atoms with van der Waals surface area (Å²) in [7, 11) is 0. The lowest BCUT2D eigenvalue weighted by Crippen LogP contribution is -2.49. The van der Waals surface area contributed by atoms with Crippen molar-refractivity contribution in [3.8, 4) is 0 Å². The third kappa shape index (κ3) is 1.95. The molecule has 2 aromatic rings. The number of allylic oxidation sites excluding steroid dienone is 2. The molecule has 2 aromatic carbocycles. The van der Waals surface area contributed by atoms with Gasteiger partial charge >= 0.3 is 0 Å². The van der Waals surface area contributed by atoms with E-state index in [1.54, 1.807) is 12.2 Å². The average Bonchev–Trinajstić information content (AvgIpc) is 2.51. The molecule has 0 saturated carbocycles. The third-order valence-electron chi connectivity index (χ3n) is 3.47. The van der Waals surface area contributed by atoms with Crippen LogP contribution >= 0.6 is 0 Å². The van der Waals surface area contributed by atoms with Crippen molar-refractivity contribution in [2.45, 2.75) is 6.04 Å². The molecular formula is C18H15NO. The van der Waals surface area contributed by atoms with E-state index in [4.69, 9.17) is 0 Å². The average molecular weight is 261 g/mol. The van der Waals surface area contributed by atoms with Crippen LogP contribution in [0.1, 0.15) is 11.6 Å². The summed E-state index contributed by atoms with van der Waals surface area (Å²) >= 11 is 0. The fourth-order valence-corrected chi connectivity index (χ4v) is 2.55. The first-order chi connectivity index (χ1) is 9.83. The van der Waals surface area contributed by atoms with Crippen LogP contribution in [0.25, 0.3) is 0 Å². The van der Waals surface area contributed by atoms with E-state index in [2.05, 4.69) is 6.58 Å². The maximum atomic E-state index is 12.3. The SMILES string of the molecule is C=C/C=C1\C(=O)N(c2ccccc2)[C@@H]1c1ccccc1. The minimum atomic E-state index is -0.0240. The topological polar surface area (TPSA) is 20.3 Å². The van der Waals surface area contributed by atoms with Gasteiger partial charge in [-0.05, 0) is 17.7 Å². The highest BCUT2D eigenvalue weighted by Crippen LogP contribution is 2.42. The minimum absolute atomic E-state index is 0.0240. The molecule has 2 nitrogen and oxygen atoms in total. The van der Waals surface area contributed by atoms with Gasteiger partial charge in [-0.15, -0.1) is 0 Å². The van der Waals surface area contributed by atoms with E-state index in [-0.39, 0.29) is 11.9 Å². The van der Waals surface area contributed by atoms with Crippen molar-refractivity contribution in [3.63, 3.8) is 0 Å². The second-order valence-corrected chi connectivity index (χ2v) is 4.68. The molecule has 1 atom stereocenters. The molecule has 98 valence electrons. The molecule has 0 unspecified atom stereocenters. The van der Waals surface area contributed by atoms with E-state index < -0.39 is 0 Å². The Balaban J connectivity index is 2.04. The van der Waals surface area contributed by atoms with Crippen molar-refractivity contribution in [2.24, 2.45) is 0 Å². The molecule has 1 fully saturated rings. The van der Waals surface area contributed by atoms with Gasteiger partial charge in [-0.25, -0.2) is 0 Å². The molecule has 0 spiro atoms. The minimum Gasteiger partial charge on any atom is -0.297 e. The van der Waals surface area contributed by atoms with E-state index in [1.807, 2.05) is 65.6 Å². The zero-order valence-corrected chi connectivity index (χ0v) is 11.1. The molecule has 2 heteroatoms. The number of para-hydroxylation sites is 1. The number of benzene rings is 2. The van der Waals surface area contributed by atoms with Crippen molar-refractivity contribution in [3.05, 3.63) is 90.5 Å². The van der Waals surface area contributed by atoms with Gasteiger partial charge < -0.3 is 0 Å². The van der Waals surface area contributed by atoms with Crippen molar-refractivity contribution >= 4 is 11.6 Å². The number of β-lactam (4-membered cyclic amide) rings is 1. The Kier molecular flexibility index (Phi) is 3.21. The summed E-state index contributed by atoms with van der Waals surface area (Å²) in [5.41, 5.74) is 2.83. The van der Waals surface area contributed by atoms with Crippen molar-refractivity contribution in [1.82, 2.24) is 0 Å². The van der Waals surface area contributed by atoms with Gasteiger partial charge in [0.05, 0.1) is 6.04 Å². The van der Waals surface area contributed by atoms with Gasteiger partial charge in [0.1, 0.15) is 0 Å². The number of anilines is 1. The van der Waals surface area contributed by atoms with E-state index >= 15 is 0 Å². The van der Waals surface area contributed by atoms with Crippen LogP contribution in [0, 0.1) is 0 Å². The van der Waals surface area contributed by atoms with Gasteiger partial charge in [0.15, 0.2) is 0 Å². The monoisotopic (exact) mass is 261 g/mol. The van der Waals surface area contributed by atoms with Crippen LogP contribution in [0.5, 0.6) is 0 Å². The highest BCUT2D eigenvalue weighted by Gasteiger charge is 2.43. The smallest absolute Gasteiger partial charge is 0.257 e. The van der Waals surface area contributed by atoms with Crippen molar-refractivity contribution in [1.29, 1.82) is 0 Å². The molecule has 0 N–H and O–H groups in total. The lowest BCUT2D eigenvalue weighted by molar-refractivity contribution is -0.119. The predicted octanol–water partition coefficient (Wildman–Crippen LogP) is 3.89. The molecule has 0 aromatic heterocycles. The quantitative estimate of drug-likeness (QED) is 0.606. The molecule has 0 bridgehead atoms. The Labute approximate surface area is 118 Å². The molecule has 0 aliphatic carbocycles. The summed E-state index contributed by atoms with van der Waals surface area (Å²) in [6.45, 7) is 3.70. The van der Waals surface area contributed by atoms with Crippen molar-refractivity contribution < 1.29 is 4.79 Å². The standard InChI is InChI=1S/C18H15NO/c1-2-9-16-17(14-10-5-3-6-11-14)19(18(16)20)15-12-7-4-8-13-15/h2-13,17H,1H2/b16-9-/t17-/m1/s1. The molecule has 1 saturated heterocycles. The van der Waals surface area contributed by atoms with Gasteiger partial charge in [-0.1, -0.05) is 67.3 Å². The largest absolute Gasteiger partial charge is 0.297 e. The first kappa shape index (κ1) is 12.4. The fraction of sp³-hybridized carbons (Fsp3) is 0.0556. The summed E-state index contributed by atoms with van der Waals surface area (Å²) in [5.74, 6) is 0.0463. The Morgan fingerprint density at radius 3 is 2.15 bits per heavy atom. The van der Waals surface area contributed by atoms with Crippen LogP contribution in [-0.2, 0) is 4.79 Å². The molecule has 1 aliphatic heterocycles. The summed E-state index contributed by atoms with van der Waals surface area (Å²) in [6.07, 6.45) is 3.48. The van der Waals surface area contributed by atoms with Gasteiger partial charge in [0.25, 0.3) is 5.91 Å². The summed E-state index contributed by atoms with van der Waals surface area (Å²) < 4.78 is 0. The van der Waals surface area contributed by atoms with Gasteiger partial charge in [0.2, 0.25) is 0 Å². The number of nitrogens with zero attached hydrogens (tertiary/aromatic N) is 1. The van der Waals surface area contributed by atoms with E-state index in [1.165, 1.54) is 0 Å². The number of carbonyl (C=O) groups excluding carboxylic acids is 1. The first-order valence-electron chi connectivity index (χ1n) is 6.59. The van der Waals surface area contributed by atoms with Gasteiger partial charge in [-0.3, -0.25) is 9.69 Å². The Morgan fingerprint density at radius 2 is 1.55 bits per heavy atom. The van der Waals surface area contributed by atoms with E-state index in [0.717, 1.165) is 16.8 Å². The predicted molar refractivity (Wildman–Crippen MR) is 81.4 cm³/mol. The highest BCUT2D eigenvalue weighted by molar-refractivity contribution is 6.15. The zero-order chi connectivity index (χ0) is 13.9. The van der Waals surface area contributed by atoms with Crippen LogP contribution in [0.4, 0.5) is 5.69 Å². The Morgan fingerprint density at radius 1 is 0.950 bits per heavy atom. The number of carbonyl (C=O) groups is 1. The number of hydrogen-bond acceptors (Lipinski definition) is 1. The maximum absolute atomic E-state index is 12.3. The highest BCUT2D eigenvalue weighted by atomic mass is 16.2. The van der Waals surface area contributed by atoms with Crippen LogP contribution in [-0.4, -0.2) is 5.91 Å². The molecule has 1 aliphatic rings. The maximum Gasteiger partial charge on any atom is 0.257 e. The fourth-order valence-electron chi connectivity index (χ4n) is 2.55. The number of rotatable bonds is 3. The number of amides is 1. The van der Waals surface area contributed by atoms with Gasteiger partial charge in [0, 0.05) is 11.3 Å². The molecular weight excluding hydrogens is 246 g/mol. The van der Waals surface area contributed by atoms with E-state index in [0.29, 0.717) is 0 Å². The summed E-state index contributed by atoms with van der Waals surface area (Å²) in [4.78, 5) is 14.2. The summed E-state index contributed by atoms with van der Waals surface area (Å²) in [5, 5.41) is 0. The van der Waals surface area contributed by atoms with Crippen LogP contribution in [0.15, 0.2) is 85.0 Å². The molecule has 20 heavy (non-hydrogen) atoms.